The van der Waals surface area contributed by atoms with Crippen LogP contribution >= 0.6 is 0 Å². The fourth-order valence-corrected chi connectivity index (χ4v) is 4.22. The number of Topliss-reactive ketones (excluding diaryl/α,β-unsaturated/α-hetero) is 1. The highest BCUT2D eigenvalue weighted by Crippen LogP contribution is 2.43. The highest BCUT2D eigenvalue weighted by Gasteiger charge is 2.41. The van der Waals surface area contributed by atoms with Crippen LogP contribution in [0, 0.1) is 5.92 Å². The zero-order valence-electron chi connectivity index (χ0n) is 15.4. The molecule has 0 bridgehead atoms. The van der Waals surface area contributed by atoms with Gasteiger partial charge in [-0.25, -0.2) is 0 Å². The van der Waals surface area contributed by atoms with Crippen LogP contribution in [0.5, 0.6) is 0 Å². The van der Waals surface area contributed by atoms with E-state index in [2.05, 4.69) is 73.5 Å². The normalized spacial score (nSPS) is 24.4. The van der Waals surface area contributed by atoms with Crippen LogP contribution < -0.4 is 0 Å². The van der Waals surface area contributed by atoms with Crippen LogP contribution in [-0.2, 0) is 4.79 Å². The highest BCUT2D eigenvalue weighted by atomic mass is 16.1. The van der Waals surface area contributed by atoms with Gasteiger partial charge in [0.05, 0.1) is 0 Å². The van der Waals surface area contributed by atoms with Crippen LogP contribution in [0.4, 0.5) is 0 Å². The molecule has 0 unspecified atom stereocenters. The first-order valence-electron chi connectivity index (χ1n) is 9.57. The van der Waals surface area contributed by atoms with Crippen molar-refractivity contribution in [2.45, 2.75) is 51.1 Å². The zero-order valence-corrected chi connectivity index (χ0v) is 15.4. The van der Waals surface area contributed by atoms with E-state index in [1.54, 1.807) is 0 Å². The van der Waals surface area contributed by atoms with Crippen molar-refractivity contribution in [3.63, 3.8) is 0 Å². The maximum absolute atomic E-state index is 13.1. The van der Waals surface area contributed by atoms with E-state index in [0.29, 0.717) is 12.2 Å². The maximum atomic E-state index is 13.1. The molecule has 2 nitrogen and oxygen atoms in total. The largest absolute Gasteiger partial charge is 0.299 e. The minimum Gasteiger partial charge on any atom is -0.299 e. The Morgan fingerprint density at radius 1 is 0.920 bits per heavy atom. The predicted molar refractivity (Wildman–Crippen MR) is 103 cm³/mol. The van der Waals surface area contributed by atoms with E-state index < -0.39 is 0 Å². The van der Waals surface area contributed by atoms with Crippen molar-refractivity contribution >= 4 is 5.78 Å². The summed E-state index contributed by atoms with van der Waals surface area (Å²) < 4.78 is 0. The minimum absolute atomic E-state index is 0.110. The van der Waals surface area contributed by atoms with Crippen molar-refractivity contribution in [2.24, 2.45) is 5.92 Å². The fraction of sp³-hybridized carbons (Fsp3) is 0.435. The number of rotatable bonds is 6. The summed E-state index contributed by atoms with van der Waals surface area (Å²) in [5.74, 6) is 0.538. The van der Waals surface area contributed by atoms with Crippen LogP contribution in [0.3, 0.4) is 0 Å². The molecule has 1 aliphatic heterocycles. The molecule has 0 N–H and O–H groups in total. The van der Waals surface area contributed by atoms with E-state index in [9.17, 15) is 4.79 Å². The summed E-state index contributed by atoms with van der Waals surface area (Å²) in [5, 5.41) is 0. The van der Waals surface area contributed by atoms with Crippen molar-refractivity contribution < 1.29 is 4.79 Å². The Kier molecular flexibility index (Phi) is 6.04. The molecule has 2 heteroatoms. The summed E-state index contributed by atoms with van der Waals surface area (Å²) in [6.45, 7) is 2.22. The molecular formula is C23H29NO. The molecule has 1 fully saturated rings. The van der Waals surface area contributed by atoms with Crippen molar-refractivity contribution in [3.8, 4) is 0 Å². The smallest absolute Gasteiger partial charge is 0.139 e. The number of ketones is 1. The Morgan fingerprint density at radius 2 is 1.52 bits per heavy atom. The number of nitrogens with zero attached hydrogens (tertiary/aromatic N) is 1. The first-order valence-corrected chi connectivity index (χ1v) is 9.57. The fourth-order valence-electron chi connectivity index (χ4n) is 4.22. The van der Waals surface area contributed by atoms with Gasteiger partial charge in [-0.05, 0) is 24.6 Å². The second kappa shape index (κ2) is 8.44. The van der Waals surface area contributed by atoms with E-state index in [4.69, 9.17) is 0 Å². The van der Waals surface area contributed by atoms with Gasteiger partial charge >= 0.3 is 0 Å². The molecule has 0 amide bonds. The number of piperidine rings is 1. The Labute approximate surface area is 151 Å². The van der Waals surface area contributed by atoms with Crippen LogP contribution in [0.2, 0.25) is 0 Å². The number of carbonyl (C=O) groups is 1. The standard InChI is InChI=1S/C23H29NO/c1-3-4-7-16-20-22(25)17-21(18-12-8-5-9-13-18)24(2)23(20)19-14-10-6-11-15-19/h5-6,8-15,20-21,23H,3-4,7,16-17H2,1-2H3/t20-,21-,23-/m1/s1. The zero-order chi connectivity index (χ0) is 17.6. The molecule has 2 aromatic rings. The van der Waals surface area contributed by atoms with Gasteiger partial charge in [0, 0.05) is 24.4 Å². The van der Waals surface area contributed by atoms with Gasteiger partial charge in [0.15, 0.2) is 0 Å². The van der Waals surface area contributed by atoms with Crippen LogP contribution in [0.15, 0.2) is 60.7 Å². The number of benzene rings is 2. The average molecular weight is 335 g/mol. The Morgan fingerprint density at radius 3 is 2.12 bits per heavy atom. The molecule has 1 heterocycles. The molecule has 1 saturated heterocycles. The third kappa shape index (κ3) is 4.01. The highest BCUT2D eigenvalue weighted by molar-refractivity contribution is 5.83. The molecule has 132 valence electrons. The molecule has 1 aliphatic rings. The van der Waals surface area contributed by atoms with Crippen LogP contribution in [-0.4, -0.2) is 17.7 Å². The minimum atomic E-state index is 0.110. The van der Waals surface area contributed by atoms with Crippen molar-refractivity contribution in [1.82, 2.24) is 4.90 Å². The number of hydrogen-bond donors (Lipinski definition) is 0. The van der Waals surface area contributed by atoms with E-state index in [1.165, 1.54) is 24.0 Å². The number of hydrogen-bond acceptors (Lipinski definition) is 2. The van der Waals surface area contributed by atoms with Gasteiger partial charge in [0.25, 0.3) is 0 Å². The molecule has 0 spiro atoms. The van der Waals surface area contributed by atoms with Gasteiger partial charge in [-0.3, -0.25) is 9.69 Å². The summed E-state index contributed by atoms with van der Waals surface area (Å²) in [7, 11) is 2.19. The first kappa shape index (κ1) is 17.9. The van der Waals surface area contributed by atoms with Crippen LogP contribution in [0.25, 0.3) is 0 Å². The Hall–Kier alpha value is -1.93. The predicted octanol–water partition coefficient (Wildman–Crippen LogP) is 5.57. The lowest BCUT2D eigenvalue weighted by atomic mass is 9.77. The van der Waals surface area contributed by atoms with Crippen molar-refractivity contribution in [2.75, 3.05) is 7.05 Å². The third-order valence-corrected chi connectivity index (χ3v) is 5.56. The van der Waals surface area contributed by atoms with Gasteiger partial charge in [-0.15, -0.1) is 0 Å². The molecular weight excluding hydrogens is 306 g/mol. The Balaban J connectivity index is 1.91. The topological polar surface area (TPSA) is 20.3 Å². The Bertz CT molecular complexity index is 667. The second-order valence-electron chi connectivity index (χ2n) is 7.22. The van der Waals surface area contributed by atoms with Gasteiger partial charge in [-0.1, -0.05) is 86.8 Å². The van der Waals surface area contributed by atoms with E-state index in [0.717, 1.165) is 12.8 Å². The molecule has 25 heavy (non-hydrogen) atoms. The van der Waals surface area contributed by atoms with E-state index in [1.807, 2.05) is 6.07 Å². The number of carbonyl (C=O) groups excluding carboxylic acids is 1. The molecule has 3 rings (SSSR count). The SMILES string of the molecule is CCCCC[C@@H]1C(=O)C[C@H](c2ccccc2)N(C)[C@@H]1c1ccccc1. The van der Waals surface area contributed by atoms with E-state index >= 15 is 0 Å². The molecule has 3 atom stereocenters. The first-order chi connectivity index (χ1) is 12.2. The van der Waals surface area contributed by atoms with Gasteiger partial charge < -0.3 is 0 Å². The lowest BCUT2D eigenvalue weighted by Crippen LogP contribution is -2.43. The van der Waals surface area contributed by atoms with E-state index in [-0.39, 0.29) is 18.0 Å². The third-order valence-electron chi connectivity index (χ3n) is 5.56. The molecule has 0 radical (unpaired) electrons. The number of unbranched alkanes of at least 4 members (excludes halogenated alkanes) is 2. The number of likely N-dealkylation sites (tertiary alicyclic amines) is 1. The molecule has 0 aromatic heterocycles. The summed E-state index contributed by atoms with van der Waals surface area (Å²) in [6, 6.07) is 21.4. The average Bonchev–Trinajstić information content (AvgIpc) is 2.66. The summed E-state index contributed by atoms with van der Waals surface area (Å²) in [4.78, 5) is 15.5. The maximum Gasteiger partial charge on any atom is 0.139 e. The van der Waals surface area contributed by atoms with Gasteiger partial charge in [0.2, 0.25) is 0 Å². The summed E-state index contributed by atoms with van der Waals surface area (Å²) in [5.41, 5.74) is 2.51. The van der Waals surface area contributed by atoms with Crippen LogP contribution in [0.1, 0.15) is 62.2 Å². The lowest BCUT2D eigenvalue weighted by Gasteiger charge is -2.44. The van der Waals surface area contributed by atoms with Crippen molar-refractivity contribution in [3.05, 3.63) is 71.8 Å². The molecule has 2 aromatic carbocycles. The monoisotopic (exact) mass is 335 g/mol. The second-order valence-corrected chi connectivity index (χ2v) is 7.22. The lowest BCUT2D eigenvalue weighted by molar-refractivity contribution is -0.132. The summed E-state index contributed by atoms with van der Waals surface area (Å²) in [6.07, 6.45) is 5.16. The van der Waals surface area contributed by atoms with Gasteiger partial charge in [-0.2, -0.15) is 0 Å². The van der Waals surface area contributed by atoms with Crippen molar-refractivity contribution in [1.29, 1.82) is 0 Å². The molecule has 0 aliphatic carbocycles. The van der Waals surface area contributed by atoms with Gasteiger partial charge in [0.1, 0.15) is 5.78 Å². The summed E-state index contributed by atoms with van der Waals surface area (Å²) >= 11 is 0. The molecule has 0 saturated carbocycles. The quantitative estimate of drug-likeness (QED) is 0.643.